The zero-order chi connectivity index (χ0) is 28.5. The summed E-state index contributed by atoms with van der Waals surface area (Å²) in [7, 11) is 0. The van der Waals surface area contributed by atoms with Crippen LogP contribution in [0.25, 0.3) is 0 Å². The van der Waals surface area contributed by atoms with Crippen molar-refractivity contribution in [1.29, 1.82) is 0 Å². The number of carbonyl (C=O) groups excluding carboxylic acids is 4. The highest BCUT2D eigenvalue weighted by molar-refractivity contribution is 6.40. The van der Waals surface area contributed by atoms with Crippen molar-refractivity contribution in [3.05, 3.63) is 125 Å². The monoisotopic (exact) mass is 558 g/mol. The molecule has 4 rings (SSSR count). The molecule has 0 spiro atoms. The lowest BCUT2D eigenvalue weighted by Gasteiger charge is -2.11. The molecule has 0 saturated heterocycles. The molecule has 0 atom stereocenters. The second-order valence-corrected chi connectivity index (χ2v) is 8.53. The standard InChI is InChI=1S/C29H20ClFN4O5/c30-19-11-13-20(14-12-19)33-26(36)23-6-2-4-8-25(23)34-27(37)28(38)35-32-17-18-9-15-21(16-10-18)40-29(39)22-5-1-3-7-24(22)31/h1-17H,(H,33,36)(H,34,37)(H,35,38)/b32-17-. The number of hydrogen-bond donors (Lipinski definition) is 3. The number of rotatable bonds is 7. The van der Waals surface area contributed by atoms with Crippen LogP contribution in [0.1, 0.15) is 26.3 Å². The van der Waals surface area contributed by atoms with E-state index in [1.54, 1.807) is 36.4 Å². The Morgan fingerprint density at radius 2 is 1.40 bits per heavy atom. The highest BCUT2D eigenvalue weighted by atomic mass is 35.5. The van der Waals surface area contributed by atoms with Gasteiger partial charge in [0.2, 0.25) is 0 Å². The van der Waals surface area contributed by atoms with Gasteiger partial charge in [-0.05, 0) is 78.4 Å². The molecule has 11 heteroatoms. The van der Waals surface area contributed by atoms with Crippen molar-refractivity contribution in [1.82, 2.24) is 5.43 Å². The number of ether oxygens (including phenoxy) is 1. The number of anilines is 2. The predicted molar refractivity (Wildman–Crippen MR) is 148 cm³/mol. The smallest absolute Gasteiger partial charge is 0.346 e. The molecule has 0 saturated carbocycles. The number of benzene rings is 4. The number of hydrogen-bond acceptors (Lipinski definition) is 6. The molecule has 4 aromatic rings. The summed E-state index contributed by atoms with van der Waals surface area (Å²) in [5, 5.41) is 9.34. The van der Waals surface area contributed by atoms with Crippen LogP contribution in [0.4, 0.5) is 15.8 Å². The number of amides is 3. The van der Waals surface area contributed by atoms with Crippen molar-refractivity contribution in [2.75, 3.05) is 10.6 Å². The van der Waals surface area contributed by atoms with E-state index in [4.69, 9.17) is 16.3 Å². The third-order valence-electron chi connectivity index (χ3n) is 5.29. The first-order valence-electron chi connectivity index (χ1n) is 11.7. The lowest BCUT2D eigenvalue weighted by atomic mass is 10.1. The van der Waals surface area contributed by atoms with E-state index in [0.717, 1.165) is 6.07 Å². The third kappa shape index (κ3) is 7.36. The fraction of sp³-hybridized carbons (Fsp3) is 0. The summed E-state index contributed by atoms with van der Waals surface area (Å²) in [5.41, 5.74) is 3.17. The van der Waals surface area contributed by atoms with E-state index >= 15 is 0 Å². The van der Waals surface area contributed by atoms with Gasteiger partial charge in [-0.1, -0.05) is 35.9 Å². The fourth-order valence-corrected chi connectivity index (χ4v) is 3.45. The average Bonchev–Trinajstić information content (AvgIpc) is 2.95. The molecule has 0 heterocycles. The Bertz CT molecular complexity index is 1590. The van der Waals surface area contributed by atoms with Gasteiger partial charge in [0.1, 0.15) is 11.6 Å². The van der Waals surface area contributed by atoms with Crippen molar-refractivity contribution in [2.45, 2.75) is 0 Å². The number of hydrazone groups is 1. The second-order valence-electron chi connectivity index (χ2n) is 8.10. The van der Waals surface area contributed by atoms with Gasteiger partial charge in [-0.25, -0.2) is 14.6 Å². The highest BCUT2D eigenvalue weighted by Gasteiger charge is 2.18. The van der Waals surface area contributed by atoms with Crippen LogP contribution >= 0.6 is 11.6 Å². The van der Waals surface area contributed by atoms with Crippen LogP contribution in [0, 0.1) is 5.82 Å². The Labute approximate surface area is 232 Å². The van der Waals surface area contributed by atoms with Crippen LogP contribution in [0.15, 0.2) is 102 Å². The summed E-state index contributed by atoms with van der Waals surface area (Å²) in [6.45, 7) is 0. The Hall–Kier alpha value is -5.35. The summed E-state index contributed by atoms with van der Waals surface area (Å²) in [4.78, 5) is 49.5. The molecular weight excluding hydrogens is 539 g/mol. The van der Waals surface area contributed by atoms with Crippen molar-refractivity contribution < 1.29 is 28.3 Å². The number of halogens is 2. The number of para-hydroxylation sites is 1. The molecule has 3 N–H and O–H groups in total. The average molecular weight is 559 g/mol. The lowest BCUT2D eigenvalue weighted by Crippen LogP contribution is -2.33. The molecule has 9 nitrogen and oxygen atoms in total. The maximum atomic E-state index is 13.7. The van der Waals surface area contributed by atoms with Gasteiger partial charge in [-0.2, -0.15) is 5.10 Å². The van der Waals surface area contributed by atoms with Crippen LogP contribution in [0.3, 0.4) is 0 Å². The van der Waals surface area contributed by atoms with Crippen LogP contribution < -0.4 is 20.8 Å². The lowest BCUT2D eigenvalue weighted by molar-refractivity contribution is -0.136. The summed E-state index contributed by atoms with van der Waals surface area (Å²) < 4.78 is 18.9. The van der Waals surface area contributed by atoms with Gasteiger partial charge >= 0.3 is 17.8 Å². The van der Waals surface area contributed by atoms with Crippen molar-refractivity contribution in [2.24, 2.45) is 5.10 Å². The van der Waals surface area contributed by atoms with Gasteiger partial charge in [0.05, 0.1) is 23.0 Å². The fourth-order valence-electron chi connectivity index (χ4n) is 3.33. The van der Waals surface area contributed by atoms with Gasteiger partial charge in [0.25, 0.3) is 5.91 Å². The molecule has 0 radical (unpaired) electrons. The molecule has 0 aromatic heterocycles. The number of nitrogens with one attached hydrogen (secondary N) is 3. The molecule has 0 fully saturated rings. The Morgan fingerprint density at radius 3 is 2.10 bits per heavy atom. The molecule has 0 unspecified atom stereocenters. The van der Waals surface area contributed by atoms with Gasteiger partial charge in [0, 0.05) is 10.7 Å². The summed E-state index contributed by atoms with van der Waals surface area (Å²) >= 11 is 5.86. The molecule has 40 heavy (non-hydrogen) atoms. The van der Waals surface area contributed by atoms with Gasteiger partial charge < -0.3 is 15.4 Å². The molecule has 4 aromatic carbocycles. The SMILES string of the molecule is O=C(N/N=C\c1ccc(OC(=O)c2ccccc2F)cc1)C(=O)Nc1ccccc1C(=O)Nc1ccc(Cl)cc1. The molecule has 3 amide bonds. The number of carbonyl (C=O) groups is 4. The molecule has 200 valence electrons. The van der Waals surface area contributed by atoms with Crippen molar-refractivity contribution in [3.63, 3.8) is 0 Å². The van der Waals surface area contributed by atoms with Crippen LogP contribution in [0.5, 0.6) is 5.75 Å². The maximum absolute atomic E-state index is 13.7. The topological polar surface area (TPSA) is 126 Å². The Kier molecular flexibility index (Phi) is 8.95. The quantitative estimate of drug-likeness (QED) is 0.0963. The number of esters is 1. The molecule has 0 aliphatic rings. The van der Waals surface area contributed by atoms with E-state index in [9.17, 15) is 23.6 Å². The zero-order valence-corrected chi connectivity index (χ0v) is 21.3. The van der Waals surface area contributed by atoms with Crippen LogP contribution in [-0.4, -0.2) is 29.9 Å². The van der Waals surface area contributed by atoms with Gasteiger partial charge in [0.15, 0.2) is 0 Å². The van der Waals surface area contributed by atoms with Gasteiger partial charge in [-0.3, -0.25) is 14.4 Å². The van der Waals surface area contributed by atoms with Gasteiger partial charge in [-0.15, -0.1) is 0 Å². The minimum atomic E-state index is -1.07. The van der Waals surface area contributed by atoms with Crippen LogP contribution in [0.2, 0.25) is 5.02 Å². The normalized spacial score (nSPS) is 10.6. The van der Waals surface area contributed by atoms with E-state index in [-0.39, 0.29) is 22.6 Å². The Morgan fingerprint density at radius 1 is 0.750 bits per heavy atom. The number of nitrogens with zero attached hydrogens (tertiary/aromatic N) is 1. The van der Waals surface area contributed by atoms with E-state index in [1.165, 1.54) is 60.8 Å². The largest absolute Gasteiger partial charge is 0.423 e. The summed E-state index contributed by atoms with van der Waals surface area (Å²) in [5.74, 6) is -3.98. The minimum Gasteiger partial charge on any atom is -0.423 e. The predicted octanol–water partition coefficient (Wildman–Crippen LogP) is 5.04. The van der Waals surface area contributed by atoms with Crippen molar-refractivity contribution in [3.8, 4) is 5.75 Å². The summed E-state index contributed by atoms with van der Waals surface area (Å²) in [6, 6.07) is 24.1. The van der Waals surface area contributed by atoms with Crippen molar-refractivity contribution >= 4 is 52.9 Å². The maximum Gasteiger partial charge on any atom is 0.346 e. The molecular formula is C29H20ClFN4O5. The highest BCUT2D eigenvalue weighted by Crippen LogP contribution is 2.19. The van der Waals surface area contributed by atoms with E-state index < -0.39 is 29.5 Å². The zero-order valence-electron chi connectivity index (χ0n) is 20.6. The molecule has 0 aliphatic heterocycles. The molecule has 0 aliphatic carbocycles. The molecule has 0 bridgehead atoms. The van der Waals surface area contributed by atoms with E-state index in [2.05, 4.69) is 21.2 Å². The Balaban J connectivity index is 1.31. The van der Waals surface area contributed by atoms with E-state index in [1.807, 2.05) is 0 Å². The first kappa shape index (κ1) is 27.7. The summed E-state index contributed by atoms with van der Waals surface area (Å²) in [6.07, 6.45) is 1.27. The third-order valence-corrected chi connectivity index (χ3v) is 5.54. The first-order chi connectivity index (χ1) is 19.3. The second kappa shape index (κ2) is 12.9. The van der Waals surface area contributed by atoms with Crippen LogP contribution in [-0.2, 0) is 9.59 Å². The van der Waals surface area contributed by atoms with E-state index in [0.29, 0.717) is 16.3 Å². The first-order valence-corrected chi connectivity index (χ1v) is 12.0. The minimum absolute atomic E-state index is 0.124.